The Kier molecular flexibility index (Phi) is 4.41. The first kappa shape index (κ1) is 17.6. The summed E-state index contributed by atoms with van der Waals surface area (Å²) >= 11 is 0. The summed E-state index contributed by atoms with van der Waals surface area (Å²) in [6.45, 7) is -0.295. The van der Waals surface area contributed by atoms with Gasteiger partial charge in [0.15, 0.2) is 11.5 Å². The molecular weight excluding hydrogens is 351 g/mol. The van der Waals surface area contributed by atoms with Crippen LogP contribution in [0.15, 0.2) is 21.6 Å². The third kappa shape index (κ3) is 4.07. The number of rotatable bonds is 4. The predicted molar refractivity (Wildman–Crippen MR) is 74.0 cm³/mol. The monoisotopic (exact) mass is 366 g/mol. The SMILES string of the molecule is O=c1onc(CC2CCC(F)(F)CC2)n1Cn1ccc(C(F)(F)F)n1. The van der Waals surface area contributed by atoms with Gasteiger partial charge >= 0.3 is 11.9 Å². The maximum absolute atomic E-state index is 13.2. The molecule has 2 heterocycles. The van der Waals surface area contributed by atoms with Crippen LogP contribution in [0.5, 0.6) is 0 Å². The van der Waals surface area contributed by atoms with Crippen molar-refractivity contribution in [1.82, 2.24) is 19.5 Å². The summed E-state index contributed by atoms with van der Waals surface area (Å²) < 4.78 is 70.7. The van der Waals surface area contributed by atoms with Gasteiger partial charge in [-0.15, -0.1) is 0 Å². The normalized spacial score (nSPS) is 18.6. The topological polar surface area (TPSA) is 65.8 Å². The second-order valence-electron chi connectivity index (χ2n) is 6.18. The Morgan fingerprint density at radius 2 is 1.96 bits per heavy atom. The number of hydrogen-bond donors (Lipinski definition) is 0. The van der Waals surface area contributed by atoms with Gasteiger partial charge in [0.1, 0.15) is 6.67 Å². The van der Waals surface area contributed by atoms with Crippen molar-refractivity contribution in [3.8, 4) is 0 Å². The fourth-order valence-corrected chi connectivity index (χ4v) is 2.88. The molecule has 138 valence electrons. The fourth-order valence-electron chi connectivity index (χ4n) is 2.88. The molecule has 0 aliphatic heterocycles. The van der Waals surface area contributed by atoms with Crippen molar-refractivity contribution in [3.63, 3.8) is 0 Å². The lowest BCUT2D eigenvalue weighted by Gasteiger charge is -2.27. The number of hydrogen-bond acceptors (Lipinski definition) is 4. The van der Waals surface area contributed by atoms with E-state index in [9.17, 15) is 26.7 Å². The number of halogens is 5. The van der Waals surface area contributed by atoms with E-state index in [1.54, 1.807) is 0 Å². The molecular formula is C14H15F5N4O2. The molecule has 0 unspecified atom stereocenters. The van der Waals surface area contributed by atoms with Crippen LogP contribution in [-0.4, -0.2) is 25.4 Å². The summed E-state index contributed by atoms with van der Waals surface area (Å²) in [5.41, 5.74) is -1.08. The van der Waals surface area contributed by atoms with Gasteiger partial charge in [-0.3, -0.25) is 9.20 Å². The Hall–Kier alpha value is -2.20. The molecule has 2 aromatic heterocycles. The van der Waals surface area contributed by atoms with Gasteiger partial charge < -0.3 is 0 Å². The minimum absolute atomic E-state index is 0.0845. The second-order valence-corrected chi connectivity index (χ2v) is 6.18. The highest BCUT2D eigenvalue weighted by atomic mass is 19.4. The molecule has 1 fully saturated rings. The molecule has 0 atom stereocenters. The van der Waals surface area contributed by atoms with Crippen molar-refractivity contribution < 1.29 is 26.5 Å². The smallest absolute Gasteiger partial charge is 0.296 e. The molecule has 0 bridgehead atoms. The number of aromatic nitrogens is 4. The van der Waals surface area contributed by atoms with Crippen molar-refractivity contribution in [2.45, 2.75) is 50.9 Å². The second kappa shape index (κ2) is 6.26. The lowest BCUT2D eigenvalue weighted by atomic mass is 9.84. The minimum Gasteiger partial charge on any atom is -0.296 e. The zero-order valence-corrected chi connectivity index (χ0v) is 13.0. The average Bonchev–Trinajstić information content (AvgIpc) is 3.11. The van der Waals surface area contributed by atoms with Gasteiger partial charge in [0.05, 0.1) is 0 Å². The van der Waals surface area contributed by atoms with Crippen LogP contribution in [0, 0.1) is 5.92 Å². The Labute approximate surface area is 138 Å². The summed E-state index contributed by atoms with van der Waals surface area (Å²) in [6, 6.07) is 0.793. The third-order valence-electron chi connectivity index (χ3n) is 4.29. The molecule has 0 spiro atoms. The van der Waals surface area contributed by atoms with Crippen LogP contribution in [0.2, 0.25) is 0 Å². The number of alkyl halides is 5. The third-order valence-corrected chi connectivity index (χ3v) is 4.29. The summed E-state index contributed by atoms with van der Waals surface area (Å²) in [4.78, 5) is 11.7. The summed E-state index contributed by atoms with van der Waals surface area (Å²) in [5, 5.41) is 6.99. The van der Waals surface area contributed by atoms with E-state index < -0.39 is 23.5 Å². The van der Waals surface area contributed by atoms with E-state index in [-0.39, 0.29) is 50.5 Å². The first-order chi connectivity index (χ1) is 11.6. The molecule has 1 aliphatic rings. The summed E-state index contributed by atoms with van der Waals surface area (Å²) in [5.74, 6) is -3.37. The van der Waals surface area contributed by atoms with Gasteiger partial charge in [0.25, 0.3) is 0 Å². The van der Waals surface area contributed by atoms with E-state index in [2.05, 4.69) is 14.8 Å². The van der Waals surface area contributed by atoms with Crippen LogP contribution < -0.4 is 5.76 Å². The molecule has 25 heavy (non-hydrogen) atoms. The Bertz CT molecular complexity index is 782. The minimum atomic E-state index is -4.58. The van der Waals surface area contributed by atoms with Gasteiger partial charge in [0.2, 0.25) is 5.92 Å². The molecule has 3 rings (SSSR count). The van der Waals surface area contributed by atoms with E-state index in [1.165, 1.54) is 0 Å². The summed E-state index contributed by atoms with van der Waals surface area (Å²) in [7, 11) is 0. The van der Waals surface area contributed by atoms with Crippen LogP contribution in [0.3, 0.4) is 0 Å². The van der Waals surface area contributed by atoms with Crippen molar-refractivity contribution in [2.75, 3.05) is 0 Å². The van der Waals surface area contributed by atoms with Crippen molar-refractivity contribution in [1.29, 1.82) is 0 Å². The van der Waals surface area contributed by atoms with Crippen LogP contribution >= 0.6 is 0 Å². The zero-order chi connectivity index (χ0) is 18.2. The van der Waals surface area contributed by atoms with Crippen LogP contribution in [0.1, 0.15) is 37.2 Å². The highest BCUT2D eigenvalue weighted by molar-refractivity contribution is 5.03. The van der Waals surface area contributed by atoms with Crippen LogP contribution in [0.25, 0.3) is 0 Å². The highest BCUT2D eigenvalue weighted by Gasteiger charge is 2.36. The molecule has 0 amide bonds. The maximum atomic E-state index is 13.2. The van der Waals surface area contributed by atoms with Crippen molar-refractivity contribution in [2.24, 2.45) is 5.92 Å². The molecule has 1 saturated carbocycles. The lowest BCUT2D eigenvalue weighted by Crippen LogP contribution is -2.28. The molecule has 0 N–H and O–H groups in total. The Balaban J connectivity index is 1.72. The first-order valence-corrected chi connectivity index (χ1v) is 7.68. The molecule has 0 aromatic carbocycles. The van der Waals surface area contributed by atoms with Gasteiger partial charge in [-0.05, 0) is 24.8 Å². The van der Waals surface area contributed by atoms with Gasteiger partial charge in [0, 0.05) is 25.5 Å². The van der Waals surface area contributed by atoms with E-state index in [1.807, 2.05) is 0 Å². The van der Waals surface area contributed by atoms with Crippen molar-refractivity contribution in [3.05, 3.63) is 34.3 Å². The molecule has 6 nitrogen and oxygen atoms in total. The average molecular weight is 366 g/mol. The van der Waals surface area contributed by atoms with Crippen LogP contribution in [0.4, 0.5) is 22.0 Å². The Morgan fingerprint density at radius 1 is 1.28 bits per heavy atom. The first-order valence-electron chi connectivity index (χ1n) is 7.68. The lowest BCUT2D eigenvalue weighted by molar-refractivity contribution is -0.141. The van der Waals surface area contributed by atoms with Gasteiger partial charge in [-0.1, -0.05) is 5.16 Å². The fraction of sp³-hybridized carbons (Fsp3) is 0.643. The van der Waals surface area contributed by atoms with E-state index in [0.717, 1.165) is 21.5 Å². The number of nitrogens with zero attached hydrogens (tertiary/aromatic N) is 4. The highest BCUT2D eigenvalue weighted by Crippen LogP contribution is 2.37. The molecule has 0 radical (unpaired) electrons. The van der Waals surface area contributed by atoms with E-state index in [0.29, 0.717) is 0 Å². The molecule has 1 aliphatic carbocycles. The quantitative estimate of drug-likeness (QED) is 0.781. The Morgan fingerprint density at radius 3 is 2.56 bits per heavy atom. The summed E-state index contributed by atoms with van der Waals surface area (Å²) in [6.07, 6.45) is -3.13. The largest absolute Gasteiger partial charge is 0.443 e. The standard InChI is InChI=1S/C14H15F5N4O2/c15-13(16)4-1-9(2-5-13)7-11-21-25-12(24)23(11)8-22-6-3-10(20-22)14(17,18)19/h3,6,9H,1-2,4-5,7-8H2. The molecule has 0 saturated heterocycles. The van der Waals surface area contributed by atoms with E-state index in [4.69, 9.17) is 0 Å². The molecule has 11 heteroatoms. The van der Waals surface area contributed by atoms with Crippen molar-refractivity contribution >= 4 is 0 Å². The molecule has 2 aromatic rings. The predicted octanol–water partition coefficient (Wildman–Crippen LogP) is 2.93. The zero-order valence-electron chi connectivity index (χ0n) is 13.0. The van der Waals surface area contributed by atoms with Gasteiger partial charge in [-0.25, -0.2) is 18.1 Å². The van der Waals surface area contributed by atoms with E-state index >= 15 is 0 Å². The van der Waals surface area contributed by atoms with Crippen LogP contribution in [-0.2, 0) is 19.3 Å². The van der Waals surface area contributed by atoms with Gasteiger partial charge in [-0.2, -0.15) is 18.3 Å². The maximum Gasteiger partial charge on any atom is 0.443 e.